The molecule has 2 aliphatic rings. The second-order valence-corrected chi connectivity index (χ2v) is 4.39. The molecule has 1 amide bonds. The highest BCUT2D eigenvalue weighted by molar-refractivity contribution is 5.89. The molecule has 0 saturated heterocycles. The van der Waals surface area contributed by atoms with Crippen LogP contribution in [0.3, 0.4) is 0 Å². The van der Waals surface area contributed by atoms with Gasteiger partial charge in [-0.1, -0.05) is 24.3 Å². The van der Waals surface area contributed by atoms with Gasteiger partial charge in [-0.3, -0.25) is 14.2 Å². The summed E-state index contributed by atoms with van der Waals surface area (Å²) in [6.07, 6.45) is 0. The summed E-state index contributed by atoms with van der Waals surface area (Å²) < 4.78 is 1.09. The van der Waals surface area contributed by atoms with Gasteiger partial charge in [-0.05, 0) is 29.7 Å². The van der Waals surface area contributed by atoms with E-state index in [-0.39, 0.29) is 16.0 Å². The van der Waals surface area contributed by atoms with Crippen molar-refractivity contribution in [2.45, 2.75) is 0 Å². The Kier molecular flexibility index (Phi) is 2.61. The molecule has 98 valence electrons. The van der Waals surface area contributed by atoms with Crippen LogP contribution in [0, 0.1) is 10.6 Å². The quantitative estimate of drug-likeness (QED) is 0.659. The summed E-state index contributed by atoms with van der Waals surface area (Å²) in [6.45, 7) is 0. The Labute approximate surface area is 112 Å². The van der Waals surface area contributed by atoms with E-state index in [2.05, 4.69) is 0 Å². The highest BCUT2D eigenvalue weighted by atomic mass is 16.2. The number of primary amides is 1. The van der Waals surface area contributed by atoms with E-state index in [1.54, 1.807) is 36.4 Å². The van der Waals surface area contributed by atoms with E-state index >= 15 is 0 Å². The summed E-state index contributed by atoms with van der Waals surface area (Å²) in [5, 5.41) is 0.889. The predicted molar refractivity (Wildman–Crippen MR) is 74.8 cm³/mol. The molecule has 0 aromatic heterocycles. The molecular formula is C15H10N2O3. The number of hydrogen-bond donors (Lipinski definition) is 1. The number of nitrogens with two attached hydrogens (primary N) is 1. The minimum Gasteiger partial charge on any atom is -0.351 e. The molecule has 0 unspecified atom stereocenters. The molecule has 1 aromatic rings. The number of rotatable bonds is 0. The summed E-state index contributed by atoms with van der Waals surface area (Å²) in [4.78, 5) is 35.8. The van der Waals surface area contributed by atoms with Gasteiger partial charge >= 0.3 is 6.03 Å². The normalized spacial score (nSPS) is 10.8. The largest absolute Gasteiger partial charge is 0.351 e. The summed E-state index contributed by atoms with van der Waals surface area (Å²) in [7, 11) is 0. The minimum absolute atomic E-state index is 0.00574. The van der Waals surface area contributed by atoms with Gasteiger partial charge in [-0.15, -0.1) is 0 Å². The van der Waals surface area contributed by atoms with E-state index < -0.39 is 11.5 Å². The first-order chi connectivity index (χ1) is 9.59. The fraction of sp³-hybridized carbons (Fsp3) is 0. The van der Waals surface area contributed by atoms with Crippen LogP contribution < -0.4 is 16.6 Å². The Hall–Kier alpha value is -2.95. The first-order valence-corrected chi connectivity index (χ1v) is 5.97. The topological polar surface area (TPSA) is 82.2 Å². The molecule has 3 rings (SSSR count). The highest BCUT2D eigenvalue weighted by Gasteiger charge is 2.09. The predicted octanol–water partition coefficient (Wildman–Crippen LogP) is 1.01. The number of para-hydroxylation sites is 1. The van der Waals surface area contributed by atoms with Crippen LogP contribution in [0.2, 0.25) is 0 Å². The van der Waals surface area contributed by atoms with Gasteiger partial charge in [0.25, 0.3) is 0 Å². The number of amides is 1. The van der Waals surface area contributed by atoms with E-state index in [0.29, 0.717) is 10.9 Å². The molecule has 0 atom stereocenters. The Balaban J connectivity index is 2.86. The first kappa shape index (κ1) is 12.1. The smallest absolute Gasteiger partial charge is 0.324 e. The second kappa shape index (κ2) is 4.31. The van der Waals surface area contributed by atoms with Crippen LogP contribution in [0.4, 0.5) is 4.79 Å². The lowest BCUT2D eigenvalue weighted by molar-refractivity contribution is 0.250. The van der Waals surface area contributed by atoms with E-state index in [1.165, 1.54) is 6.07 Å². The molecule has 2 N–H and O–H groups in total. The van der Waals surface area contributed by atoms with Crippen LogP contribution in [-0.4, -0.2) is 10.6 Å². The number of fused-ring (bicyclic) bond motifs is 1. The van der Waals surface area contributed by atoms with E-state index in [0.717, 1.165) is 10.6 Å². The zero-order valence-electron chi connectivity index (χ0n) is 10.4. The van der Waals surface area contributed by atoms with Crippen molar-refractivity contribution in [3.8, 4) is 0 Å². The Morgan fingerprint density at radius 1 is 0.900 bits per heavy atom. The van der Waals surface area contributed by atoms with Gasteiger partial charge in [-0.25, -0.2) is 4.79 Å². The highest BCUT2D eigenvalue weighted by Crippen LogP contribution is 2.12. The lowest BCUT2D eigenvalue weighted by Gasteiger charge is -2.03. The van der Waals surface area contributed by atoms with Crippen LogP contribution in [0.1, 0.15) is 0 Å². The van der Waals surface area contributed by atoms with Crippen LogP contribution in [-0.2, 0) is 0 Å². The zero-order chi connectivity index (χ0) is 14.3. The average molecular weight is 266 g/mol. The average Bonchev–Trinajstić information content (AvgIpc) is 2.60. The molecule has 1 heterocycles. The van der Waals surface area contributed by atoms with Crippen molar-refractivity contribution >= 4 is 16.9 Å². The molecule has 0 saturated carbocycles. The molecule has 1 aliphatic heterocycles. The number of carbonyl (C=O) groups excluding carboxylic acids is 1. The van der Waals surface area contributed by atoms with Gasteiger partial charge in [0, 0.05) is 0 Å². The summed E-state index contributed by atoms with van der Waals surface area (Å²) in [5.41, 5.74) is 5.15. The Bertz CT molecular complexity index is 1020. The van der Waals surface area contributed by atoms with Gasteiger partial charge in [0.05, 0.1) is 10.7 Å². The number of benzene rings is 1. The minimum atomic E-state index is -0.801. The van der Waals surface area contributed by atoms with E-state index in [1.807, 2.05) is 0 Å². The van der Waals surface area contributed by atoms with Crippen molar-refractivity contribution in [3.05, 3.63) is 79.5 Å². The molecule has 5 heteroatoms. The molecule has 0 spiro atoms. The molecule has 1 aromatic carbocycles. The van der Waals surface area contributed by atoms with Crippen molar-refractivity contribution < 1.29 is 4.79 Å². The lowest BCUT2D eigenvalue weighted by Crippen LogP contribution is -2.26. The van der Waals surface area contributed by atoms with Crippen molar-refractivity contribution in [1.82, 2.24) is 4.57 Å². The van der Waals surface area contributed by atoms with Gasteiger partial charge < -0.3 is 5.73 Å². The molecule has 5 nitrogen and oxygen atoms in total. The second-order valence-electron chi connectivity index (χ2n) is 4.39. The Morgan fingerprint density at radius 3 is 2.35 bits per heavy atom. The molecule has 0 fully saturated rings. The third-order valence-corrected chi connectivity index (χ3v) is 3.19. The van der Waals surface area contributed by atoms with Crippen LogP contribution in [0.5, 0.6) is 0 Å². The number of carbonyl (C=O) groups is 1. The van der Waals surface area contributed by atoms with Gasteiger partial charge in [-0.2, -0.15) is 0 Å². The van der Waals surface area contributed by atoms with Crippen LogP contribution in [0.25, 0.3) is 10.9 Å². The maximum atomic E-state index is 12.1. The van der Waals surface area contributed by atoms with Gasteiger partial charge in [0.2, 0.25) is 5.43 Å². The molecular weight excluding hydrogens is 256 g/mol. The molecule has 0 bridgehead atoms. The lowest BCUT2D eigenvalue weighted by atomic mass is 10.2. The first-order valence-electron chi connectivity index (χ1n) is 5.97. The fourth-order valence-corrected chi connectivity index (χ4v) is 2.32. The zero-order valence-corrected chi connectivity index (χ0v) is 10.4. The third kappa shape index (κ3) is 1.68. The fourth-order valence-electron chi connectivity index (χ4n) is 2.32. The van der Waals surface area contributed by atoms with Crippen molar-refractivity contribution in [2.24, 2.45) is 5.73 Å². The maximum absolute atomic E-state index is 12.1. The standard InChI is InChI=1S/C15H10N2O3/c16-15(20)17-11-4-2-1-3-9(11)5-6-10-12(18)7-8-13(19)14(10)17/h1-8H,(H2,16,20). The van der Waals surface area contributed by atoms with Crippen molar-refractivity contribution in [3.63, 3.8) is 0 Å². The summed E-state index contributed by atoms with van der Waals surface area (Å²) in [6, 6.07) is 11.8. The number of nitrogens with zero attached hydrogens (tertiary/aromatic N) is 1. The van der Waals surface area contributed by atoms with Crippen LogP contribution in [0.15, 0.2) is 58.1 Å². The number of aromatic nitrogens is 1. The SMILES string of the molecule is NC(=O)n1c2c(=O)ccc(=O)c=2ccc2ccccc21. The third-order valence-electron chi connectivity index (χ3n) is 3.19. The van der Waals surface area contributed by atoms with Gasteiger partial charge in [0.1, 0.15) is 5.35 Å². The van der Waals surface area contributed by atoms with Crippen LogP contribution >= 0.6 is 0 Å². The maximum Gasteiger partial charge on any atom is 0.324 e. The van der Waals surface area contributed by atoms with Gasteiger partial charge in [0.15, 0.2) is 5.43 Å². The van der Waals surface area contributed by atoms with E-state index in [9.17, 15) is 14.4 Å². The Morgan fingerprint density at radius 2 is 1.60 bits per heavy atom. The van der Waals surface area contributed by atoms with Crippen molar-refractivity contribution in [1.29, 1.82) is 0 Å². The summed E-state index contributed by atoms with van der Waals surface area (Å²) in [5.74, 6) is 0. The molecule has 20 heavy (non-hydrogen) atoms. The molecule has 0 radical (unpaired) electrons. The summed E-state index contributed by atoms with van der Waals surface area (Å²) >= 11 is 0. The monoisotopic (exact) mass is 266 g/mol. The van der Waals surface area contributed by atoms with Crippen molar-refractivity contribution in [2.75, 3.05) is 0 Å². The number of hydrogen-bond acceptors (Lipinski definition) is 3. The van der Waals surface area contributed by atoms with E-state index in [4.69, 9.17) is 5.73 Å². The molecule has 1 aliphatic carbocycles.